The molecule has 0 fully saturated rings. The maximum atomic E-state index is 6.72. The molecule has 3 nitrogen and oxygen atoms in total. The molecule has 12 aromatic rings. The van der Waals surface area contributed by atoms with Gasteiger partial charge >= 0.3 is 0 Å². The lowest BCUT2D eigenvalue weighted by molar-refractivity contribution is 0.669. The molecule has 10 aromatic carbocycles. The summed E-state index contributed by atoms with van der Waals surface area (Å²) in [6.45, 7) is 0. The molecule has 0 saturated carbocycles. The standard InChI is InChI=1S/C60H40N2O/c1-5-16-41(17-6-1)44-28-32-50(33-29-44)61(51-37-47(42-18-7-2-8-19-42)36-48(38-51)43-20-9-3-10-21-43)57-26-15-27-59-60(57)54-40-46(31-35-58(54)63-59)45-30-34-56-53(39-45)52-24-13-14-25-55(52)62(56)49-22-11-4-12-23-49/h1-40H. The summed E-state index contributed by atoms with van der Waals surface area (Å²) < 4.78 is 9.08. The first-order valence-electron chi connectivity index (χ1n) is 21.5. The third-order valence-electron chi connectivity index (χ3n) is 12.4. The van der Waals surface area contributed by atoms with E-state index in [1.165, 1.54) is 32.9 Å². The fourth-order valence-electron chi connectivity index (χ4n) is 9.38. The Morgan fingerprint density at radius 2 is 0.825 bits per heavy atom. The van der Waals surface area contributed by atoms with E-state index < -0.39 is 0 Å². The van der Waals surface area contributed by atoms with Crippen LogP contribution in [-0.2, 0) is 0 Å². The fourth-order valence-corrected chi connectivity index (χ4v) is 9.38. The molecule has 296 valence electrons. The highest BCUT2D eigenvalue weighted by atomic mass is 16.3. The van der Waals surface area contributed by atoms with E-state index in [0.717, 1.165) is 78.1 Å². The van der Waals surface area contributed by atoms with E-state index in [9.17, 15) is 0 Å². The summed E-state index contributed by atoms with van der Waals surface area (Å²) in [6, 6.07) is 87.1. The van der Waals surface area contributed by atoms with Gasteiger partial charge in [0.15, 0.2) is 0 Å². The summed E-state index contributed by atoms with van der Waals surface area (Å²) >= 11 is 0. The van der Waals surface area contributed by atoms with Crippen LogP contribution in [0.25, 0.3) is 93.9 Å². The van der Waals surface area contributed by atoms with Crippen molar-refractivity contribution < 1.29 is 4.42 Å². The van der Waals surface area contributed by atoms with E-state index in [-0.39, 0.29) is 0 Å². The Labute approximate surface area is 366 Å². The maximum Gasteiger partial charge on any atom is 0.137 e. The van der Waals surface area contributed by atoms with Crippen LogP contribution < -0.4 is 4.90 Å². The van der Waals surface area contributed by atoms with E-state index in [2.05, 4.69) is 252 Å². The van der Waals surface area contributed by atoms with Crippen molar-refractivity contribution >= 4 is 60.8 Å². The van der Waals surface area contributed by atoms with Gasteiger partial charge in [0.25, 0.3) is 0 Å². The Kier molecular flexibility index (Phi) is 8.83. The van der Waals surface area contributed by atoms with Crippen LogP contribution in [0.1, 0.15) is 0 Å². The minimum Gasteiger partial charge on any atom is -0.456 e. The van der Waals surface area contributed by atoms with Crippen LogP contribution in [0.5, 0.6) is 0 Å². The number of benzene rings is 10. The number of para-hydroxylation sites is 2. The molecule has 0 spiro atoms. The van der Waals surface area contributed by atoms with Gasteiger partial charge in [0.2, 0.25) is 0 Å². The molecule has 0 aliphatic rings. The van der Waals surface area contributed by atoms with Crippen LogP contribution in [0, 0.1) is 0 Å². The fraction of sp³-hybridized carbons (Fsp3) is 0. The van der Waals surface area contributed by atoms with E-state index in [1.807, 2.05) is 0 Å². The van der Waals surface area contributed by atoms with E-state index >= 15 is 0 Å². The van der Waals surface area contributed by atoms with E-state index in [0.29, 0.717) is 0 Å². The predicted octanol–water partition coefficient (Wildman–Crippen LogP) is 16.8. The van der Waals surface area contributed by atoms with Crippen LogP contribution in [-0.4, -0.2) is 4.57 Å². The first-order valence-corrected chi connectivity index (χ1v) is 21.5. The highest BCUT2D eigenvalue weighted by Crippen LogP contribution is 2.46. The molecular weight excluding hydrogens is 765 g/mol. The zero-order valence-corrected chi connectivity index (χ0v) is 34.4. The second-order valence-corrected chi connectivity index (χ2v) is 16.1. The van der Waals surface area contributed by atoms with Crippen molar-refractivity contribution in [3.8, 4) is 50.2 Å². The average Bonchev–Trinajstić information content (AvgIpc) is 3.91. The molecule has 0 amide bonds. The largest absolute Gasteiger partial charge is 0.456 e. The number of furan rings is 1. The third kappa shape index (κ3) is 6.46. The maximum absolute atomic E-state index is 6.72. The molecule has 0 radical (unpaired) electrons. The second-order valence-electron chi connectivity index (χ2n) is 16.1. The first-order chi connectivity index (χ1) is 31.2. The van der Waals surface area contributed by atoms with Gasteiger partial charge in [-0.3, -0.25) is 0 Å². The summed E-state index contributed by atoms with van der Waals surface area (Å²) in [4.78, 5) is 2.40. The lowest BCUT2D eigenvalue weighted by Gasteiger charge is -2.28. The number of hydrogen-bond donors (Lipinski definition) is 0. The van der Waals surface area contributed by atoms with Gasteiger partial charge in [0.1, 0.15) is 11.2 Å². The number of rotatable bonds is 8. The average molecular weight is 805 g/mol. The molecule has 63 heavy (non-hydrogen) atoms. The third-order valence-corrected chi connectivity index (χ3v) is 12.4. The van der Waals surface area contributed by atoms with E-state index in [4.69, 9.17) is 4.42 Å². The molecule has 2 heterocycles. The molecule has 12 rings (SSSR count). The van der Waals surface area contributed by atoms with Crippen molar-refractivity contribution in [3.05, 3.63) is 243 Å². The van der Waals surface area contributed by atoms with Crippen molar-refractivity contribution in [3.63, 3.8) is 0 Å². The zero-order valence-electron chi connectivity index (χ0n) is 34.4. The van der Waals surface area contributed by atoms with Gasteiger partial charge in [-0.1, -0.05) is 158 Å². The minimum absolute atomic E-state index is 0.842. The van der Waals surface area contributed by atoms with Gasteiger partial charge < -0.3 is 13.9 Å². The van der Waals surface area contributed by atoms with Crippen molar-refractivity contribution in [2.75, 3.05) is 4.90 Å². The van der Waals surface area contributed by atoms with E-state index in [1.54, 1.807) is 0 Å². The van der Waals surface area contributed by atoms with Gasteiger partial charge in [-0.25, -0.2) is 0 Å². The van der Waals surface area contributed by atoms with Gasteiger partial charge in [0, 0.05) is 33.2 Å². The zero-order chi connectivity index (χ0) is 41.7. The molecule has 0 aliphatic carbocycles. The smallest absolute Gasteiger partial charge is 0.137 e. The molecule has 3 heteroatoms. The van der Waals surface area contributed by atoms with Crippen LogP contribution >= 0.6 is 0 Å². The summed E-state index contributed by atoms with van der Waals surface area (Å²) in [6.07, 6.45) is 0. The monoisotopic (exact) mass is 804 g/mol. The van der Waals surface area contributed by atoms with Crippen molar-refractivity contribution in [1.82, 2.24) is 4.57 Å². The highest BCUT2D eigenvalue weighted by molar-refractivity contribution is 6.15. The minimum atomic E-state index is 0.842. The second kappa shape index (κ2) is 15.3. The van der Waals surface area contributed by atoms with Crippen molar-refractivity contribution in [2.45, 2.75) is 0 Å². The topological polar surface area (TPSA) is 21.3 Å². The summed E-state index contributed by atoms with van der Waals surface area (Å²) in [5, 5.41) is 4.59. The molecular formula is C60H40N2O. The highest BCUT2D eigenvalue weighted by Gasteiger charge is 2.22. The Morgan fingerprint density at radius 1 is 0.302 bits per heavy atom. The summed E-state index contributed by atoms with van der Waals surface area (Å²) in [5.41, 5.74) is 17.6. The lowest BCUT2D eigenvalue weighted by atomic mass is 9.96. The van der Waals surface area contributed by atoms with Gasteiger partial charge in [-0.05, 0) is 129 Å². The normalized spacial score (nSPS) is 11.5. The van der Waals surface area contributed by atoms with Crippen molar-refractivity contribution in [1.29, 1.82) is 0 Å². The Morgan fingerprint density at radius 3 is 1.49 bits per heavy atom. The molecule has 0 N–H and O–H groups in total. The molecule has 0 unspecified atom stereocenters. The van der Waals surface area contributed by atoms with Gasteiger partial charge in [0.05, 0.1) is 22.1 Å². The summed E-state index contributed by atoms with van der Waals surface area (Å²) in [7, 11) is 0. The molecule has 0 atom stereocenters. The Hall–Kier alpha value is -8.40. The molecule has 0 saturated heterocycles. The number of aromatic nitrogens is 1. The summed E-state index contributed by atoms with van der Waals surface area (Å²) in [5.74, 6) is 0. The molecule has 0 bridgehead atoms. The SMILES string of the molecule is c1ccc(-c2ccc(N(c3cc(-c4ccccc4)cc(-c4ccccc4)c3)c3cccc4oc5ccc(-c6ccc7c(c6)c6ccccc6n7-c6ccccc6)cc5c34)cc2)cc1. The number of fused-ring (bicyclic) bond motifs is 6. The van der Waals surface area contributed by atoms with Gasteiger partial charge in [-0.15, -0.1) is 0 Å². The quantitative estimate of drug-likeness (QED) is 0.153. The van der Waals surface area contributed by atoms with Crippen molar-refractivity contribution in [2.24, 2.45) is 0 Å². The number of hydrogen-bond acceptors (Lipinski definition) is 2. The van der Waals surface area contributed by atoms with Crippen LogP contribution in [0.15, 0.2) is 247 Å². The molecule has 2 aromatic heterocycles. The Balaban J connectivity index is 1.06. The van der Waals surface area contributed by atoms with Crippen LogP contribution in [0.2, 0.25) is 0 Å². The number of anilines is 3. The van der Waals surface area contributed by atoms with Crippen LogP contribution in [0.4, 0.5) is 17.1 Å². The van der Waals surface area contributed by atoms with Crippen LogP contribution in [0.3, 0.4) is 0 Å². The molecule has 0 aliphatic heterocycles. The van der Waals surface area contributed by atoms with Gasteiger partial charge in [-0.2, -0.15) is 0 Å². The predicted molar refractivity (Wildman–Crippen MR) is 264 cm³/mol. The lowest BCUT2D eigenvalue weighted by Crippen LogP contribution is -2.11. The first kappa shape index (κ1) is 36.5. The number of nitrogens with zero attached hydrogens (tertiary/aromatic N) is 2. The Bertz CT molecular complexity index is 3530.